The fourth-order valence-electron chi connectivity index (χ4n) is 2.63. The Morgan fingerprint density at radius 1 is 1.45 bits per heavy atom. The molecule has 4 heteroatoms. The Morgan fingerprint density at radius 3 is 2.75 bits per heavy atom. The van der Waals surface area contributed by atoms with Crippen LogP contribution < -0.4 is 5.32 Å². The lowest BCUT2D eigenvalue weighted by atomic mass is 9.92. The summed E-state index contributed by atoms with van der Waals surface area (Å²) >= 11 is 3.27. The van der Waals surface area contributed by atoms with Crippen LogP contribution in [0.2, 0.25) is 0 Å². The SMILES string of the molecule is CC(C)C1CN(Cc2ccc(F)c(Br)c2)C(C)(C)CN1. The van der Waals surface area contributed by atoms with Crippen molar-refractivity contribution in [1.82, 2.24) is 10.2 Å². The van der Waals surface area contributed by atoms with Crippen LogP contribution in [0, 0.1) is 11.7 Å². The second kappa shape index (κ2) is 6.12. The van der Waals surface area contributed by atoms with E-state index in [9.17, 15) is 4.39 Å². The highest BCUT2D eigenvalue weighted by Crippen LogP contribution is 2.25. The second-order valence-electron chi connectivity index (χ2n) is 6.67. The number of nitrogens with zero attached hydrogens (tertiary/aromatic N) is 1. The van der Waals surface area contributed by atoms with Crippen LogP contribution in [0.3, 0.4) is 0 Å². The van der Waals surface area contributed by atoms with Gasteiger partial charge in [0.25, 0.3) is 0 Å². The lowest BCUT2D eigenvalue weighted by molar-refractivity contribution is 0.0474. The smallest absolute Gasteiger partial charge is 0.137 e. The average molecular weight is 343 g/mol. The summed E-state index contributed by atoms with van der Waals surface area (Å²) in [5.74, 6) is 0.418. The zero-order valence-corrected chi connectivity index (χ0v) is 14.3. The minimum atomic E-state index is -0.201. The molecule has 1 aliphatic heterocycles. The molecule has 0 spiro atoms. The zero-order chi connectivity index (χ0) is 14.9. The first-order chi connectivity index (χ1) is 9.29. The minimum Gasteiger partial charge on any atom is -0.311 e. The Bertz CT molecular complexity index is 474. The van der Waals surface area contributed by atoms with E-state index in [0.717, 1.165) is 25.2 Å². The summed E-state index contributed by atoms with van der Waals surface area (Å²) in [6.07, 6.45) is 0. The highest BCUT2D eigenvalue weighted by atomic mass is 79.9. The van der Waals surface area contributed by atoms with Crippen molar-refractivity contribution in [2.75, 3.05) is 13.1 Å². The van der Waals surface area contributed by atoms with Gasteiger partial charge in [-0.1, -0.05) is 19.9 Å². The van der Waals surface area contributed by atoms with E-state index >= 15 is 0 Å². The Morgan fingerprint density at radius 2 is 2.15 bits per heavy atom. The molecule has 1 aromatic rings. The van der Waals surface area contributed by atoms with Gasteiger partial charge in [-0.25, -0.2) is 4.39 Å². The topological polar surface area (TPSA) is 15.3 Å². The minimum absolute atomic E-state index is 0.117. The summed E-state index contributed by atoms with van der Waals surface area (Å²) in [6, 6.07) is 5.82. The van der Waals surface area contributed by atoms with Gasteiger partial charge < -0.3 is 5.32 Å². The van der Waals surface area contributed by atoms with Crippen LogP contribution in [0.25, 0.3) is 0 Å². The van der Waals surface area contributed by atoms with E-state index in [0.29, 0.717) is 16.4 Å². The average Bonchev–Trinajstić information content (AvgIpc) is 2.36. The molecule has 0 bridgehead atoms. The monoisotopic (exact) mass is 342 g/mol. The van der Waals surface area contributed by atoms with Crippen molar-refractivity contribution in [3.63, 3.8) is 0 Å². The molecule has 1 atom stereocenters. The standard InChI is InChI=1S/C16H24BrFN2/c1-11(2)15-9-20(16(3,4)10-19-15)8-12-5-6-14(18)13(17)7-12/h5-7,11,15,19H,8-10H2,1-4H3. The number of piperazine rings is 1. The van der Waals surface area contributed by atoms with Gasteiger partial charge in [0.05, 0.1) is 4.47 Å². The van der Waals surface area contributed by atoms with Crippen LogP contribution in [0.15, 0.2) is 22.7 Å². The van der Waals surface area contributed by atoms with E-state index in [1.165, 1.54) is 6.07 Å². The summed E-state index contributed by atoms with van der Waals surface area (Å²) in [6.45, 7) is 11.9. The van der Waals surface area contributed by atoms with Crippen molar-refractivity contribution in [2.24, 2.45) is 5.92 Å². The maximum absolute atomic E-state index is 13.3. The quantitative estimate of drug-likeness (QED) is 0.898. The highest BCUT2D eigenvalue weighted by molar-refractivity contribution is 9.10. The molecule has 20 heavy (non-hydrogen) atoms. The van der Waals surface area contributed by atoms with Gasteiger partial charge in [0, 0.05) is 31.2 Å². The third-order valence-corrected chi connectivity index (χ3v) is 4.84. The largest absolute Gasteiger partial charge is 0.311 e. The van der Waals surface area contributed by atoms with E-state index < -0.39 is 0 Å². The number of hydrogen-bond acceptors (Lipinski definition) is 2. The van der Waals surface area contributed by atoms with Crippen LogP contribution in [0.1, 0.15) is 33.3 Å². The Balaban J connectivity index is 2.13. The van der Waals surface area contributed by atoms with Crippen molar-refractivity contribution in [3.8, 4) is 0 Å². The first-order valence-corrected chi connectivity index (χ1v) is 8.01. The van der Waals surface area contributed by atoms with E-state index in [4.69, 9.17) is 0 Å². The van der Waals surface area contributed by atoms with Gasteiger partial charge >= 0.3 is 0 Å². The third kappa shape index (κ3) is 3.60. The molecule has 1 N–H and O–H groups in total. The highest BCUT2D eigenvalue weighted by Gasteiger charge is 2.34. The number of benzene rings is 1. The van der Waals surface area contributed by atoms with Crippen LogP contribution in [-0.2, 0) is 6.54 Å². The van der Waals surface area contributed by atoms with Crippen LogP contribution in [0.5, 0.6) is 0 Å². The fourth-order valence-corrected chi connectivity index (χ4v) is 3.05. The number of nitrogens with one attached hydrogen (secondary N) is 1. The first-order valence-electron chi connectivity index (χ1n) is 7.22. The van der Waals surface area contributed by atoms with Gasteiger partial charge in [0.2, 0.25) is 0 Å². The normalized spacial score (nSPS) is 23.2. The molecule has 0 saturated carbocycles. The van der Waals surface area contributed by atoms with Gasteiger partial charge in [-0.2, -0.15) is 0 Å². The molecule has 2 nitrogen and oxygen atoms in total. The Labute approximate surface area is 129 Å². The van der Waals surface area contributed by atoms with E-state index in [2.05, 4.69) is 53.8 Å². The van der Waals surface area contributed by atoms with Gasteiger partial charge in [0.1, 0.15) is 5.82 Å². The molecular formula is C16H24BrFN2. The molecule has 112 valence electrons. The van der Waals surface area contributed by atoms with Gasteiger partial charge in [-0.3, -0.25) is 4.90 Å². The number of halogens is 2. The Kier molecular flexibility index (Phi) is 4.88. The molecular weight excluding hydrogens is 319 g/mol. The third-order valence-electron chi connectivity index (χ3n) is 4.23. The van der Waals surface area contributed by atoms with E-state index in [1.807, 2.05) is 12.1 Å². The molecule has 1 saturated heterocycles. The molecule has 0 aliphatic carbocycles. The van der Waals surface area contributed by atoms with Crippen molar-refractivity contribution < 1.29 is 4.39 Å². The second-order valence-corrected chi connectivity index (χ2v) is 7.53. The number of rotatable bonds is 3. The molecule has 0 radical (unpaired) electrons. The summed E-state index contributed by atoms with van der Waals surface area (Å²) in [4.78, 5) is 2.49. The maximum atomic E-state index is 13.3. The molecule has 1 fully saturated rings. The predicted molar refractivity (Wildman–Crippen MR) is 85.2 cm³/mol. The molecule has 1 heterocycles. The molecule has 2 rings (SSSR count). The van der Waals surface area contributed by atoms with Crippen LogP contribution >= 0.6 is 15.9 Å². The zero-order valence-electron chi connectivity index (χ0n) is 12.7. The van der Waals surface area contributed by atoms with Gasteiger partial charge in [-0.15, -0.1) is 0 Å². The summed E-state index contributed by atoms with van der Waals surface area (Å²) in [5, 5.41) is 3.63. The van der Waals surface area contributed by atoms with Crippen molar-refractivity contribution in [2.45, 2.75) is 45.8 Å². The van der Waals surface area contributed by atoms with Gasteiger partial charge in [-0.05, 0) is 53.4 Å². The van der Waals surface area contributed by atoms with E-state index in [-0.39, 0.29) is 11.4 Å². The predicted octanol–water partition coefficient (Wildman–Crippen LogP) is 3.80. The molecule has 0 aromatic heterocycles. The number of hydrogen-bond donors (Lipinski definition) is 1. The summed E-state index contributed by atoms with van der Waals surface area (Å²) in [7, 11) is 0. The van der Waals surface area contributed by atoms with Crippen LogP contribution in [0.4, 0.5) is 4.39 Å². The van der Waals surface area contributed by atoms with Crippen LogP contribution in [-0.4, -0.2) is 29.6 Å². The fraction of sp³-hybridized carbons (Fsp3) is 0.625. The molecule has 0 amide bonds. The molecule has 1 aliphatic rings. The first kappa shape index (κ1) is 15.9. The molecule has 1 aromatic carbocycles. The van der Waals surface area contributed by atoms with Gasteiger partial charge in [0.15, 0.2) is 0 Å². The molecule has 1 unspecified atom stereocenters. The van der Waals surface area contributed by atoms with Crippen molar-refractivity contribution in [1.29, 1.82) is 0 Å². The maximum Gasteiger partial charge on any atom is 0.137 e. The lowest BCUT2D eigenvalue weighted by Gasteiger charge is -2.47. The van der Waals surface area contributed by atoms with Crippen molar-refractivity contribution in [3.05, 3.63) is 34.1 Å². The summed E-state index contributed by atoms with van der Waals surface area (Å²) < 4.78 is 13.9. The lowest BCUT2D eigenvalue weighted by Crippen LogP contribution is -2.62. The van der Waals surface area contributed by atoms with Crippen molar-refractivity contribution >= 4 is 15.9 Å². The Hall–Kier alpha value is -0.450. The summed E-state index contributed by atoms with van der Waals surface area (Å²) in [5.41, 5.74) is 1.27. The van der Waals surface area contributed by atoms with E-state index in [1.54, 1.807) is 0 Å².